The van der Waals surface area contributed by atoms with Crippen molar-refractivity contribution in [1.29, 1.82) is 0 Å². The van der Waals surface area contributed by atoms with Crippen LogP contribution in [0.5, 0.6) is 0 Å². The van der Waals surface area contributed by atoms with Gasteiger partial charge in [-0.05, 0) is 19.4 Å². The van der Waals surface area contributed by atoms with E-state index >= 15 is 0 Å². The van der Waals surface area contributed by atoms with E-state index in [4.69, 9.17) is 14.5 Å². The Morgan fingerprint density at radius 2 is 2.09 bits per heavy atom. The molecule has 1 aromatic heterocycles. The molecule has 1 saturated heterocycles. The quantitative estimate of drug-likeness (QED) is 0.761. The summed E-state index contributed by atoms with van der Waals surface area (Å²) in [6.45, 7) is 3.83. The Labute approximate surface area is 137 Å². The topological polar surface area (TPSA) is 48.3 Å². The second-order valence-electron chi connectivity index (χ2n) is 5.80. The Balaban J connectivity index is 1.74. The number of nitrogens with zero attached hydrogens (tertiary/aromatic N) is 2. The van der Waals surface area contributed by atoms with E-state index in [2.05, 4.69) is 40.3 Å². The first-order valence-corrected chi connectivity index (χ1v) is 8.31. The summed E-state index contributed by atoms with van der Waals surface area (Å²) in [5.74, 6) is 1.12. The lowest BCUT2D eigenvalue weighted by molar-refractivity contribution is 0.0662. The Hall–Kier alpha value is -1.69. The first-order chi connectivity index (χ1) is 11.4. The van der Waals surface area contributed by atoms with Crippen molar-refractivity contribution in [3.63, 3.8) is 0 Å². The molecule has 1 aliphatic heterocycles. The lowest BCUT2D eigenvalue weighted by Crippen LogP contribution is -2.19. The van der Waals surface area contributed by atoms with E-state index in [0.29, 0.717) is 25.9 Å². The van der Waals surface area contributed by atoms with Crippen LogP contribution in [0.2, 0.25) is 0 Å². The van der Waals surface area contributed by atoms with Crippen LogP contribution < -0.4 is 5.32 Å². The number of ether oxygens (including phenoxy) is 2. The van der Waals surface area contributed by atoms with E-state index in [0.717, 1.165) is 36.6 Å². The van der Waals surface area contributed by atoms with Gasteiger partial charge in [-0.2, -0.15) is 0 Å². The van der Waals surface area contributed by atoms with Crippen molar-refractivity contribution in [2.45, 2.75) is 25.4 Å². The molecular formula is C18H25N3O2. The van der Waals surface area contributed by atoms with E-state index in [-0.39, 0.29) is 0 Å². The number of nitrogens with one attached hydrogen (secondary N) is 1. The fourth-order valence-electron chi connectivity index (χ4n) is 2.95. The van der Waals surface area contributed by atoms with Gasteiger partial charge in [-0.1, -0.05) is 30.3 Å². The molecule has 1 atom stereocenters. The normalized spacial score (nSPS) is 17.7. The van der Waals surface area contributed by atoms with Crippen LogP contribution in [-0.2, 0) is 16.0 Å². The molecule has 1 fully saturated rings. The highest BCUT2D eigenvalue weighted by molar-refractivity contribution is 5.58. The molecule has 2 aromatic rings. The summed E-state index contributed by atoms with van der Waals surface area (Å²) in [6, 6.07) is 10.7. The predicted octanol–water partition coefficient (Wildman–Crippen LogP) is 2.64. The van der Waals surface area contributed by atoms with Crippen molar-refractivity contribution >= 4 is 0 Å². The van der Waals surface area contributed by atoms with Gasteiger partial charge in [0.2, 0.25) is 0 Å². The lowest BCUT2D eigenvalue weighted by atomic mass is 10.2. The number of benzene rings is 1. The summed E-state index contributed by atoms with van der Waals surface area (Å²) in [5, 5.41) is 3.54. The maximum atomic E-state index is 5.62. The third-order valence-electron chi connectivity index (χ3n) is 4.16. The maximum Gasteiger partial charge on any atom is 0.126 e. The molecule has 3 rings (SSSR count). The van der Waals surface area contributed by atoms with Crippen molar-refractivity contribution in [3.8, 4) is 11.3 Å². The monoisotopic (exact) mass is 315 g/mol. The van der Waals surface area contributed by atoms with Crippen molar-refractivity contribution in [1.82, 2.24) is 14.9 Å². The van der Waals surface area contributed by atoms with Crippen LogP contribution in [-0.4, -0.2) is 43.0 Å². The molecule has 5 heteroatoms. The summed E-state index contributed by atoms with van der Waals surface area (Å²) >= 11 is 0. The molecule has 0 aliphatic carbocycles. The highest BCUT2D eigenvalue weighted by Gasteiger charge is 2.22. The zero-order valence-corrected chi connectivity index (χ0v) is 13.7. The molecule has 124 valence electrons. The van der Waals surface area contributed by atoms with Gasteiger partial charge in [0.25, 0.3) is 0 Å². The highest BCUT2D eigenvalue weighted by atomic mass is 16.5. The van der Waals surface area contributed by atoms with Gasteiger partial charge in [-0.3, -0.25) is 0 Å². The van der Waals surface area contributed by atoms with Crippen molar-refractivity contribution in [3.05, 3.63) is 42.4 Å². The largest absolute Gasteiger partial charge is 0.382 e. The number of hydrogen-bond acceptors (Lipinski definition) is 4. The van der Waals surface area contributed by atoms with Crippen LogP contribution in [0.3, 0.4) is 0 Å². The van der Waals surface area contributed by atoms with E-state index in [1.54, 1.807) is 7.11 Å². The standard InChI is InChI=1S/C18H25N3O2/c1-22-12-13-23-11-10-21-14-17(15-6-3-2-4-7-15)20-18(21)16-8-5-9-19-16/h2-4,6-7,14,16,19H,5,8-13H2,1H3. The molecule has 1 aromatic carbocycles. The minimum atomic E-state index is 0.353. The molecule has 1 aliphatic rings. The summed E-state index contributed by atoms with van der Waals surface area (Å²) in [7, 11) is 1.69. The number of hydrogen-bond donors (Lipinski definition) is 1. The van der Waals surface area contributed by atoms with Gasteiger partial charge < -0.3 is 19.4 Å². The summed E-state index contributed by atoms with van der Waals surface area (Å²) < 4.78 is 12.9. The van der Waals surface area contributed by atoms with Gasteiger partial charge in [0.1, 0.15) is 5.82 Å². The van der Waals surface area contributed by atoms with Gasteiger partial charge >= 0.3 is 0 Å². The minimum Gasteiger partial charge on any atom is -0.382 e. The Morgan fingerprint density at radius 1 is 1.22 bits per heavy atom. The minimum absolute atomic E-state index is 0.353. The molecule has 0 amide bonds. The molecule has 23 heavy (non-hydrogen) atoms. The van der Waals surface area contributed by atoms with Crippen LogP contribution in [0.1, 0.15) is 24.7 Å². The molecule has 1 N–H and O–H groups in total. The number of methoxy groups -OCH3 is 1. The first-order valence-electron chi connectivity index (χ1n) is 8.31. The van der Waals surface area contributed by atoms with Crippen molar-refractivity contribution in [2.75, 3.05) is 33.5 Å². The second kappa shape index (κ2) is 8.24. The van der Waals surface area contributed by atoms with Crippen LogP contribution in [0.25, 0.3) is 11.3 Å². The third kappa shape index (κ3) is 4.19. The van der Waals surface area contributed by atoms with E-state index in [1.807, 2.05) is 6.07 Å². The molecular weight excluding hydrogens is 290 g/mol. The molecule has 5 nitrogen and oxygen atoms in total. The third-order valence-corrected chi connectivity index (χ3v) is 4.16. The zero-order chi connectivity index (χ0) is 15.9. The summed E-state index contributed by atoms with van der Waals surface area (Å²) in [5.41, 5.74) is 2.19. The summed E-state index contributed by atoms with van der Waals surface area (Å²) in [6.07, 6.45) is 4.50. The van der Waals surface area contributed by atoms with Gasteiger partial charge in [-0.15, -0.1) is 0 Å². The maximum absolute atomic E-state index is 5.62. The lowest BCUT2D eigenvalue weighted by Gasteiger charge is -2.13. The number of aromatic nitrogens is 2. The molecule has 0 radical (unpaired) electrons. The van der Waals surface area contributed by atoms with Gasteiger partial charge in [0.05, 0.1) is 31.6 Å². The predicted molar refractivity (Wildman–Crippen MR) is 90.3 cm³/mol. The SMILES string of the molecule is COCCOCCn1cc(-c2ccccc2)nc1C1CCCN1. The molecule has 2 heterocycles. The average Bonchev–Trinajstić information content (AvgIpc) is 3.25. The van der Waals surface area contributed by atoms with Crippen molar-refractivity contribution < 1.29 is 9.47 Å². The Morgan fingerprint density at radius 3 is 2.83 bits per heavy atom. The smallest absolute Gasteiger partial charge is 0.126 e. The van der Waals surface area contributed by atoms with Gasteiger partial charge in [0, 0.05) is 25.4 Å². The molecule has 1 unspecified atom stereocenters. The number of imidazole rings is 1. The Bertz CT molecular complexity index is 592. The zero-order valence-electron chi connectivity index (χ0n) is 13.7. The number of rotatable bonds is 8. The fraction of sp³-hybridized carbons (Fsp3) is 0.500. The fourth-order valence-corrected chi connectivity index (χ4v) is 2.95. The molecule has 0 saturated carbocycles. The van der Waals surface area contributed by atoms with Crippen LogP contribution in [0.4, 0.5) is 0 Å². The summed E-state index contributed by atoms with van der Waals surface area (Å²) in [4.78, 5) is 4.90. The van der Waals surface area contributed by atoms with Crippen LogP contribution >= 0.6 is 0 Å². The molecule has 0 bridgehead atoms. The first kappa shape index (κ1) is 16.2. The highest BCUT2D eigenvalue weighted by Crippen LogP contribution is 2.26. The van der Waals surface area contributed by atoms with Crippen LogP contribution in [0, 0.1) is 0 Å². The van der Waals surface area contributed by atoms with E-state index in [9.17, 15) is 0 Å². The second-order valence-corrected chi connectivity index (χ2v) is 5.80. The van der Waals surface area contributed by atoms with E-state index < -0.39 is 0 Å². The molecule has 0 spiro atoms. The van der Waals surface area contributed by atoms with E-state index in [1.165, 1.54) is 6.42 Å². The van der Waals surface area contributed by atoms with Gasteiger partial charge in [-0.25, -0.2) is 4.98 Å². The average molecular weight is 315 g/mol. The van der Waals surface area contributed by atoms with Gasteiger partial charge in [0.15, 0.2) is 0 Å². The van der Waals surface area contributed by atoms with Crippen LogP contribution in [0.15, 0.2) is 36.5 Å². The Kier molecular flexibility index (Phi) is 5.80. The van der Waals surface area contributed by atoms with Crippen molar-refractivity contribution in [2.24, 2.45) is 0 Å².